The van der Waals surface area contributed by atoms with E-state index in [1.54, 1.807) is 6.92 Å². The first-order chi connectivity index (χ1) is 11.1. The Morgan fingerprint density at radius 2 is 2.08 bits per heavy atom. The highest BCUT2D eigenvalue weighted by atomic mass is 35.5. The fourth-order valence-electron chi connectivity index (χ4n) is 1.86. The van der Waals surface area contributed by atoms with Crippen LogP contribution in [0.5, 0.6) is 0 Å². The molecular weight excluding hydrogens is 369 g/mol. The quantitative estimate of drug-likeness (QED) is 0.567. The number of rotatable bonds is 7. The Hall–Kier alpha value is -1.48. The zero-order valence-corrected chi connectivity index (χ0v) is 14.3. The van der Waals surface area contributed by atoms with Gasteiger partial charge in [-0.3, -0.25) is 4.72 Å². The van der Waals surface area contributed by atoms with Crippen molar-refractivity contribution in [2.75, 3.05) is 11.3 Å². The molecule has 1 aliphatic rings. The van der Waals surface area contributed by atoms with Crippen LogP contribution in [-0.4, -0.2) is 26.2 Å². The molecule has 1 N–H and O–H groups in total. The molecule has 0 spiro atoms. The second-order valence-corrected chi connectivity index (χ2v) is 7.48. The van der Waals surface area contributed by atoms with Crippen molar-refractivity contribution < 1.29 is 26.4 Å². The van der Waals surface area contributed by atoms with Gasteiger partial charge in [-0.2, -0.15) is 21.6 Å². The molecule has 1 aliphatic carbocycles. The molecule has 0 bridgehead atoms. The molecule has 1 aromatic rings. The SMILES string of the molecule is CC/C(=N\OCC1CC1)c1cc(Cl)ccc1NS(=O)(=O)C(F)(F)F. The maximum atomic E-state index is 12.6. The number of hydrogen-bond donors (Lipinski definition) is 1. The van der Waals surface area contributed by atoms with Gasteiger partial charge in [0, 0.05) is 10.6 Å². The second-order valence-electron chi connectivity index (χ2n) is 5.37. The first kappa shape index (κ1) is 18.9. The van der Waals surface area contributed by atoms with Crippen LogP contribution in [0.1, 0.15) is 31.7 Å². The van der Waals surface area contributed by atoms with Gasteiger partial charge in [-0.25, -0.2) is 0 Å². The summed E-state index contributed by atoms with van der Waals surface area (Å²) in [5, 5.41) is 4.17. The van der Waals surface area contributed by atoms with Gasteiger partial charge in [-0.05, 0) is 43.4 Å². The molecule has 0 heterocycles. The number of hydrogen-bond acceptors (Lipinski definition) is 4. The monoisotopic (exact) mass is 384 g/mol. The van der Waals surface area contributed by atoms with E-state index in [1.807, 2.05) is 0 Å². The summed E-state index contributed by atoms with van der Waals surface area (Å²) in [5.41, 5.74) is -5.23. The number of anilines is 1. The molecule has 1 aromatic carbocycles. The lowest BCUT2D eigenvalue weighted by Gasteiger charge is -2.15. The zero-order chi connectivity index (χ0) is 18.0. The largest absolute Gasteiger partial charge is 0.516 e. The number of nitrogens with one attached hydrogen (secondary N) is 1. The lowest BCUT2D eigenvalue weighted by Crippen LogP contribution is -2.30. The fourth-order valence-corrected chi connectivity index (χ4v) is 2.61. The molecule has 10 heteroatoms. The van der Waals surface area contributed by atoms with E-state index in [-0.39, 0.29) is 16.3 Å². The number of nitrogens with zero attached hydrogens (tertiary/aromatic N) is 1. The Labute approximate surface area is 142 Å². The lowest BCUT2D eigenvalue weighted by atomic mass is 10.1. The molecule has 134 valence electrons. The van der Waals surface area contributed by atoms with Crippen LogP contribution in [0.4, 0.5) is 18.9 Å². The number of sulfonamides is 1. The number of benzene rings is 1. The third-order valence-electron chi connectivity index (χ3n) is 3.36. The summed E-state index contributed by atoms with van der Waals surface area (Å²) >= 11 is 5.88. The Balaban J connectivity index is 2.31. The maximum Gasteiger partial charge on any atom is 0.516 e. The maximum absolute atomic E-state index is 12.6. The van der Waals surface area contributed by atoms with Crippen molar-refractivity contribution in [2.45, 2.75) is 31.7 Å². The highest BCUT2D eigenvalue weighted by molar-refractivity contribution is 7.93. The standard InChI is InChI=1S/C14H16ClF3N2O3S/c1-2-12(19-23-8-9-3-4-9)11-7-10(15)5-6-13(11)20-24(21,22)14(16,17)18/h5-7,9,20H,2-4,8H2,1H3/b19-12+. The van der Waals surface area contributed by atoms with E-state index >= 15 is 0 Å². The molecule has 1 fully saturated rings. The molecular formula is C14H16ClF3N2O3S. The van der Waals surface area contributed by atoms with Crippen molar-refractivity contribution in [3.63, 3.8) is 0 Å². The van der Waals surface area contributed by atoms with Crippen molar-refractivity contribution in [3.05, 3.63) is 28.8 Å². The second kappa shape index (κ2) is 7.18. The predicted octanol–water partition coefficient (Wildman–Crippen LogP) is 4.14. The Morgan fingerprint density at radius 3 is 2.62 bits per heavy atom. The number of oxime groups is 1. The van der Waals surface area contributed by atoms with Gasteiger partial charge in [0.15, 0.2) is 0 Å². The third-order valence-corrected chi connectivity index (χ3v) is 4.69. The van der Waals surface area contributed by atoms with Crippen LogP contribution in [0.25, 0.3) is 0 Å². The average molecular weight is 385 g/mol. The molecule has 0 saturated heterocycles. The minimum Gasteiger partial charge on any atom is -0.395 e. The van der Waals surface area contributed by atoms with E-state index in [2.05, 4.69) is 5.16 Å². The average Bonchev–Trinajstić information content (AvgIpc) is 3.28. The van der Waals surface area contributed by atoms with Crippen molar-refractivity contribution in [1.82, 2.24) is 0 Å². The molecule has 0 aliphatic heterocycles. The normalized spacial score (nSPS) is 16.1. The smallest absolute Gasteiger partial charge is 0.395 e. The number of halogens is 4. The fraction of sp³-hybridized carbons (Fsp3) is 0.500. The predicted molar refractivity (Wildman–Crippen MR) is 85.6 cm³/mol. The van der Waals surface area contributed by atoms with Gasteiger partial charge in [0.05, 0.1) is 11.4 Å². The molecule has 24 heavy (non-hydrogen) atoms. The van der Waals surface area contributed by atoms with Crippen LogP contribution < -0.4 is 4.72 Å². The molecule has 0 amide bonds. The molecule has 1 saturated carbocycles. The zero-order valence-electron chi connectivity index (χ0n) is 12.7. The van der Waals surface area contributed by atoms with Crippen molar-refractivity contribution in [3.8, 4) is 0 Å². The number of alkyl halides is 3. The summed E-state index contributed by atoms with van der Waals surface area (Å²) in [4.78, 5) is 5.20. The van der Waals surface area contributed by atoms with Gasteiger partial charge in [-0.1, -0.05) is 23.7 Å². The summed E-state index contributed by atoms with van der Waals surface area (Å²) in [6, 6.07) is 3.79. The van der Waals surface area contributed by atoms with E-state index in [9.17, 15) is 21.6 Å². The Bertz CT molecular complexity index is 731. The first-order valence-corrected chi connectivity index (χ1v) is 9.08. The molecule has 0 atom stereocenters. The van der Waals surface area contributed by atoms with Crippen LogP contribution in [0.3, 0.4) is 0 Å². The summed E-state index contributed by atoms with van der Waals surface area (Å²) in [6.45, 7) is 2.15. The summed E-state index contributed by atoms with van der Waals surface area (Å²) in [6.07, 6.45) is 2.45. The summed E-state index contributed by atoms with van der Waals surface area (Å²) < 4.78 is 62.0. The van der Waals surface area contributed by atoms with Crippen molar-refractivity contribution >= 4 is 33.0 Å². The molecule has 0 aromatic heterocycles. The van der Waals surface area contributed by atoms with Gasteiger partial charge < -0.3 is 4.84 Å². The van der Waals surface area contributed by atoms with Crippen LogP contribution in [-0.2, 0) is 14.9 Å². The topological polar surface area (TPSA) is 67.8 Å². The minimum atomic E-state index is -5.54. The molecule has 2 rings (SSSR count). The van der Waals surface area contributed by atoms with Gasteiger partial charge in [0.25, 0.3) is 0 Å². The van der Waals surface area contributed by atoms with Crippen molar-refractivity contribution in [2.24, 2.45) is 11.1 Å². The molecule has 0 radical (unpaired) electrons. The van der Waals surface area contributed by atoms with Crippen molar-refractivity contribution in [1.29, 1.82) is 0 Å². The Kier molecular flexibility index (Phi) is 5.64. The van der Waals surface area contributed by atoms with Gasteiger partial charge in [0.2, 0.25) is 0 Å². The summed E-state index contributed by atoms with van der Waals surface area (Å²) in [5.74, 6) is 0.453. The minimum absolute atomic E-state index is 0.147. The van der Waals surface area contributed by atoms with Crippen LogP contribution >= 0.6 is 11.6 Å². The van der Waals surface area contributed by atoms with Gasteiger partial charge in [-0.15, -0.1) is 0 Å². The van der Waals surface area contributed by atoms with E-state index in [0.717, 1.165) is 18.9 Å². The van der Waals surface area contributed by atoms with E-state index in [4.69, 9.17) is 16.4 Å². The highest BCUT2D eigenvalue weighted by Crippen LogP contribution is 2.30. The van der Waals surface area contributed by atoms with E-state index in [0.29, 0.717) is 24.7 Å². The van der Waals surface area contributed by atoms with E-state index in [1.165, 1.54) is 16.9 Å². The molecule has 5 nitrogen and oxygen atoms in total. The first-order valence-electron chi connectivity index (χ1n) is 7.22. The molecule has 0 unspecified atom stereocenters. The van der Waals surface area contributed by atoms with Gasteiger partial charge >= 0.3 is 15.5 Å². The van der Waals surface area contributed by atoms with Crippen LogP contribution in [0.2, 0.25) is 5.02 Å². The third kappa shape index (κ3) is 4.76. The van der Waals surface area contributed by atoms with Crippen LogP contribution in [0, 0.1) is 5.92 Å². The Morgan fingerprint density at radius 1 is 1.42 bits per heavy atom. The lowest BCUT2D eigenvalue weighted by molar-refractivity contribution is -0.0429. The summed E-state index contributed by atoms with van der Waals surface area (Å²) in [7, 11) is -5.54. The van der Waals surface area contributed by atoms with E-state index < -0.39 is 15.5 Å². The van der Waals surface area contributed by atoms with Crippen LogP contribution in [0.15, 0.2) is 23.4 Å². The van der Waals surface area contributed by atoms with Gasteiger partial charge in [0.1, 0.15) is 6.61 Å². The highest BCUT2D eigenvalue weighted by Gasteiger charge is 2.46.